The van der Waals surface area contributed by atoms with Crippen LogP contribution in [-0.4, -0.2) is 11.9 Å². The van der Waals surface area contributed by atoms with E-state index in [1.807, 2.05) is 0 Å². The number of rotatable bonds is 2. The number of carbonyl (C=O) groups is 1. The summed E-state index contributed by atoms with van der Waals surface area (Å²) >= 11 is 6.08. The number of nitrogens with two attached hydrogens (primary N) is 1. The Hall–Kier alpha value is -1.22. The summed E-state index contributed by atoms with van der Waals surface area (Å²) in [4.78, 5) is 12.2. The van der Waals surface area contributed by atoms with E-state index in [1.165, 1.54) is 32.1 Å². The fourth-order valence-corrected chi connectivity index (χ4v) is 2.80. The van der Waals surface area contributed by atoms with Gasteiger partial charge in [-0.05, 0) is 25.0 Å². The van der Waals surface area contributed by atoms with Crippen LogP contribution in [0.25, 0.3) is 0 Å². The number of anilines is 1. The fraction of sp³-hybridized carbons (Fsp3) is 0.533. The standard InChI is InChI=1S/C15H21ClN2O/c16-14-12(9-6-10-13(14)17)15(19)18-11-7-4-2-1-3-5-8-11/h6,9-11H,1-5,7-8,17H2,(H,18,19). The largest absolute Gasteiger partial charge is 0.398 e. The molecule has 1 aliphatic rings. The third kappa shape index (κ3) is 3.87. The number of hydrogen-bond donors (Lipinski definition) is 2. The quantitative estimate of drug-likeness (QED) is 0.811. The predicted octanol–water partition coefficient (Wildman–Crippen LogP) is 3.76. The van der Waals surface area contributed by atoms with Gasteiger partial charge in [0.25, 0.3) is 5.91 Å². The lowest BCUT2D eigenvalue weighted by molar-refractivity contribution is 0.0930. The van der Waals surface area contributed by atoms with Crippen molar-refractivity contribution in [2.45, 2.75) is 51.0 Å². The van der Waals surface area contributed by atoms with E-state index in [-0.39, 0.29) is 11.9 Å². The molecule has 1 aromatic rings. The Bertz CT molecular complexity index is 440. The second kappa shape index (κ2) is 6.80. The highest BCUT2D eigenvalue weighted by atomic mass is 35.5. The third-order valence-electron chi connectivity index (χ3n) is 3.71. The van der Waals surface area contributed by atoms with Crippen molar-refractivity contribution in [3.63, 3.8) is 0 Å². The number of amides is 1. The summed E-state index contributed by atoms with van der Waals surface area (Å²) in [5.74, 6) is -0.108. The van der Waals surface area contributed by atoms with Crippen molar-refractivity contribution >= 4 is 23.2 Å². The van der Waals surface area contributed by atoms with Crippen LogP contribution in [0.5, 0.6) is 0 Å². The molecule has 0 atom stereocenters. The van der Waals surface area contributed by atoms with E-state index >= 15 is 0 Å². The average molecular weight is 281 g/mol. The minimum absolute atomic E-state index is 0.108. The molecule has 4 heteroatoms. The molecule has 19 heavy (non-hydrogen) atoms. The van der Waals surface area contributed by atoms with Gasteiger partial charge in [0.1, 0.15) is 0 Å². The van der Waals surface area contributed by atoms with Crippen molar-refractivity contribution in [2.24, 2.45) is 0 Å². The zero-order valence-corrected chi connectivity index (χ0v) is 11.9. The molecule has 0 aliphatic heterocycles. The van der Waals surface area contributed by atoms with Crippen LogP contribution >= 0.6 is 11.6 Å². The van der Waals surface area contributed by atoms with Crippen molar-refractivity contribution in [1.29, 1.82) is 0 Å². The monoisotopic (exact) mass is 280 g/mol. The first-order valence-corrected chi connectivity index (χ1v) is 7.41. The SMILES string of the molecule is Nc1cccc(C(=O)NC2CCCCCCC2)c1Cl. The molecule has 0 heterocycles. The van der Waals surface area contributed by atoms with Crippen molar-refractivity contribution < 1.29 is 4.79 Å². The summed E-state index contributed by atoms with van der Waals surface area (Å²) in [6, 6.07) is 5.45. The van der Waals surface area contributed by atoms with Crippen molar-refractivity contribution in [1.82, 2.24) is 5.32 Å². The Kier molecular flexibility index (Phi) is 5.08. The summed E-state index contributed by atoms with van der Waals surface area (Å²) in [6.45, 7) is 0. The number of carbonyl (C=O) groups excluding carboxylic acids is 1. The van der Waals surface area contributed by atoms with Crippen molar-refractivity contribution in [3.05, 3.63) is 28.8 Å². The normalized spacial score (nSPS) is 17.5. The van der Waals surface area contributed by atoms with Crippen LogP contribution in [-0.2, 0) is 0 Å². The molecule has 1 aliphatic carbocycles. The van der Waals surface area contributed by atoms with Crippen LogP contribution in [0.4, 0.5) is 5.69 Å². The lowest BCUT2D eigenvalue weighted by atomic mass is 9.96. The molecular weight excluding hydrogens is 260 g/mol. The molecule has 0 spiro atoms. The van der Waals surface area contributed by atoms with Crippen LogP contribution in [0.15, 0.2) is 18.2 Å². The third-order valence-corrected chi connectivity index (χ3v) is 4.14. The van der Waals surface area contributed by atoms with Crippen LogP contribution in [0.1, 0.15) is 55.3 Å². The second-order valence-electron chi connectivity index (χ2n) is 5.22. The average Bonchev–Trinajstić information content (AvgIpc) is 2.35. The highest BCUT2D eigenvalue weighted by molar-refractivity contribution is 6.36. The summed E-state index contributed by atoms with van der Waals surface area (Å²) in [6.07, 6.45) is 8.36. The van der Waals surface area contributed by atoms with Gasteiger partial charge in [-0.3, -0.25) is 4.79 Å². The maximum atomic E-state index is 12.2. The maximum Gasteiger partial charge on any atom is 0.253 e. The Morgan fingerprint density at radius 1 is 1.16 bits per heavy atom. The molecule has 2 rings (SSSR count). The van der Waals surface area contributed by atoms with Gasteiger partial charge in [0.2, 0.25) is 0 Å². The first-order chi connectivity index (χ1) is 9.18. The maximum absolute atomic E-state index is 12.2. The second-order valence-corrected chi connectivity index (χ2v) is 5.60. The van der Waals surface area contributed by atoms with E-state index in [0.717, 1.165) is 12.8 Å². The molecule has 0 radical (unpaired) electrons. The topological polar surface area (TPSA) is 55.1 Å². The number of nitrogens with one attached hydrogen (secondary N) is 1. The zero-order chi connectivity index (χ0) is 13.7. The van der Waals surface area contributed by atoms with Gasteiger partial charge in [-0.1, -0.05) is 49.8 Å². The van der Waals surface area contributed by atoms with Gasteiger partial charge in [0.05, 0.1) is 16.3 Å². The highest BCUT2D eigenvalue weighted by Crippen LogP contribution is 2.24. The zero-order valence-electron chi connectivity index (χ0n) is 11.1. The molecule has 0 aromatic heterocycles. The molecule has 0 bridgehead atoms. The van der Waals surface area contributed by atoms with Gasteiger partial charge in [-0.25, -0.2) is 0 Å². The van der Waals surface area contributed by atoms with E-state index in [4.69, 9.17) is 17.3 Å². The lowest BCUT2D eigenvalue weighted by Crippen LogP contribution is -2.35. The van der Waals surface area contributed by atoms with Gasteiger partial charge < -0.3 is 11.1 Å². The molecule has 3 nitrogen and oxygen atoms in total. The summed E-state index contributed by atoms with van der Waals surface area (Å²) in [5, 5.41) is 3.44. The van der Waals surface area contributed by atoms with Crippen LogP contribution < -0.4 is 11.1 Å². The molecule has 0 saturated heterocycles. The Labute approximate surface area is 119 Å². The summed E-state index contributed by atoms with van der Waals surface area (Å²) in [7, 11) is 0. The lowest BCUT2D eigenvalue weighted by Gasteiger charge is -2.21. The minimum atomic E-state index is -0.108. The Morgan fingerprint density at radius 2 is 1.79 bits per heavy atom. The van der Waals surface area contributed by atoms with Gasteiger partial charge >= 0.3 is 0 Å². The fourth-order valence-electron chi connectivity index (χ4n) is 2.59. The van der Waals surface area contributed by atoms with Crippen molar-refractivity contribution in [3.8, 4) is 0 Å². The van der Waals surface area contributed by atoms with Crippen LogP contribution in [0, 0.1) is 0 Å². The summed E-state index contributed by atoms with van der Waals surface area (Å²) < 4.78 is 0. The minimum Gasteiger partial charge on any atom is -0.398 e. The van der Waals surface area contributed by atoms with Crippen molar-refractivity contribution in [2.75, 3.05) is 5.73 Å². The molecule has 3 N–H and O–H groups in total. The molecular formula is C15H21ClN2O. The molecule has 1 fully saturated rings. The number of benzene rings is 1. The first kappa shape index (κ1) is 14.2. The van der Waals surface area contributed by atoms with Gasteiger partial charge in [-0.15, -0.1) is 0 Å². The van der Waals surface area contributed by atoms with E-state index in [0.29, 0.717) is 16.3 Å². The van der Waals surface area contributed by atoms with E-state index in [2.05, 4.69) is 5.32 Å². The van der Waals surface area contributed by atoms with Gasteiger partial charge in [0.15, 0.2) is 0 Å². The summed E-state index contributed by atoms with van der Waals surface area (Å²) in [5.41, 5.74) is 6.65. The highest BCUT2D eigenvalue weighted by Gasteiger charge is 2.17. The van der Waals surface area contributed by atoms with E-state index in [9.17, 15) is 4.79 Å². The molecule has 0 unspecified atom stereocenters. The van der Waals surface area contributed by atoms with E-state index < -0.39 is 0 Å². The Balaban J connectivity index is 2.01. The number of hydrogen-bond acceptors (Lipinski definition) is 2. The number of nitrogen functional groups attached to an aromatic ring is 1. The van der Waals surface area contributed by atoms with Crippen LogP contribution in [0.3, 0.4) is 0 Å². The smallest absolute Gasteiger partial charge is 0.253 e. The molecule has 104 valence electrons. The predicted molar refractivity (Wildman–Crippen MR) is 79.4 cm³/mol. The van der Waals surface area contributed by atoms with Gasteiger partial charge in [0, 0.05) is 6.04 Å². The molecule has 1 amide bonds. The van der Waals surface area contributed by atoms with Crippen LogP contribution in [0.2, 0.25) is 5.02 Å². The first-order valence-electron chi connectivity index (χ1n) is 7.03. The number of halogens is 1. The molecule has 1 saturated carbocycles. The van der Waals surface area contributed by atoms with Gasteiger partial charge in [-0.2, -0.15) is 0 Å². The molecule has 1 aromatic carbocycles. The Morgan fingerprint density at radius 3 is 2.47 bits per heavy atom. The van der Waals surface area contributed by atoms with E-state index in [1.54, 1.807) is 18.2 Å².